The summed E-state index contributed by atoms with van der Waals surface area (Å²) in [4.78, 5) is 11.7. The SMILES string of the molecule is O=C(Cc1ccccc1)NCCNCC(O)c1ccccc1. The Morgan fingerprint density at radius 1 is 0.955 bits per heavy atom. The minimum absolute atomic E-state index is 0.0107. The average Bonchev–Trinajstić information content (AvgIpc) is 2.56. The Morgan fingerprint density at radius 3 is 2.27 bits per heavy atom. The van der Waals surface area contributed by atoms with Crippen LogP contribution in [0.5, 0.6) is 0 Å². The van der Waals surface area contributed by atoms with Gasteiger partial charge in [-0.3, -0.25) is 4.79 Å². The molecular formula is C18H22N2O2. The van der Waals surface area contributed by atoms with Crippen molar-refractivity contribution >= 4 is 5.91 Å². The molecule has 4 heteroatoms. The highest BCUT2D eigenvalue weighted by Crippen LogP contribution is 2.10. The summed E-state index contributed by atoms with van der Waals surface area (Å²) in [6.07, 6.45) is -0.130. The van der Waals surface area contributed by atoms with Crippen molar-refractivity contribution in [2.75, 3.05) is 19.6 Å². The predicted molar refractivity (Wildman–Crippen MR) is 87.4 cm³/mol. The fraction of sp³-hybridized carbons (Fsp3) is 0.278. The second kappa shape index (κ2) is 8.97. The van der Waals surface area contributed by atoms with Crippen LogP contribution in [0.1, 0.15) is 17.2 Å². The van der Waals surface area contributed by atoms with Crippen molar-refractivity contribution in [3.05, 3.63) is 71.8 Å². The molecule has 2 aromatic carbocycles. The van der Waals surface area contributed by atoms with Crippen molar-refractivity contribution in [3.63, 3.8) is 0 Å². The lowest BCUT2D eigenvalue weighted by Crippen LogP contribution is -2.34. The number of carbonyl (C=O) groups is 1. The van der Waals surface area contributed by atoms with Crippen LogP contribution in [-0.4, -0.2) is 30.6 Å². The summed E-state index contributed by atoms with van der Waals surface area (Å²) in [7, 11) is 0. The smallest absolute Gasteiger partial charge is 0.224 e. The highest BCUT2D eigenvalue weighted by Gasteiger charge is 2.06. The molecule has 3 N–H and O–H groups in total. The molecule has 4 nitrogen and oxygen atoms in total. The van der Waals surface area contributed by atoms with Gasteiger partial charge in [0.2, 0.25) is 5.91 Å². The third-order valence-corrected chi connectivity index (χ3v) is 3.35. The van der Waals surface area contributed by atoms with Crippen molar-refractivity contribution < 1.29 is 9.90 Å². The summed E-state index contributed by atoms with van der Waals surface area (Å²) < 4.78 is 0. The largest absolute Gasteiger partial charge is 0.387 e. The number of aliphatic hydroxyl groups excluding tert-OH is 1. The fourth-order valence-electron chi connectivity index (χ4n) is 2.17. The number of nitrogens with one attached hydrogen (secondary N) is 2. The second-order valence-corrected chi connectivity index (χ2v) is 5.14. The molecule has 0 aliphatic carbocycles. The van der Waals surface area contributed by atoms with Gasteiger partial charge >= 0.3 is 0 Å². The maximum absolute atomic E-state index is 11.7. The summed E-state index contributed by atoms with van der Waals surface area (Å²) >= 11 is 0. The number of amides is 1. The van der Waals surface area contributed by atoms with E-state index < -0.39 is 6.10 Å². The molecule has 1 unspecified atom stereocenters. The van der Waals surface area contributed by atoms with E-state index in [1.807, 2.05) is 60.7 Å². The van der Waals surface area contributed by atoms with Crippen molar-refractivity contribution in [1.82, 2.24) is 10.6 Å². The lowest BCUT2D eigenvalue weighted by Gasteiger charge is -2.12. The standard InChI is InChI=1S/C18H22N2O2/c21-17(16-9-5-2-6-10-16)14-19-11-12-20-18(22)13-15-7-3-1-4-8-15/h1-10,17,19,21H,11-14H2,(H,20,22). The van der Waals surface area contributed by atoms with Gasteiger partial charge in [0.05, 0.1) is 12.5 Å². The Kier molecular flexibility index (Phi) is 6.61. The van der Waals surface area contributed by atoms with Gasteiger partial charge in [0.1, 0.15) is 0 Å². The lowest BCUT2D eigenvalue weighted by atomic mass is 10.1. The number of hydrogen-bond donors (Lipinski definition) is 3. The molecule has 0 bridgehead atoms. The zero-order chi connectivity index (χ0) is 15.6. The molecule has 116 valence electrons. The van der Waals surface area contributed by atoms with Crippen molar-refractivity contribution in [2.24, 2.45) is 0 Å². The molecule has 0 heterocycles. The summed E-state index contributed by atoms with van der Waals surface area (Å²) in [5, 5.41) is 16.0. The molecule has 1 amide bonds. The van der Waals surface area contributed by atoms with Crippen LogP contribution in [0.15, 0.2) is 60.7 Å². The normalized spacial score (nSPS) is 11.9. The molecule has 0 aliphatic heterocycles. The number of rotatable bonds is 8. The molecule has 0 saturated carbocycles. The van der Waals surface area contributed by atoms with Crippen molar-refractivity contribution in [3.8, 4) is 0 Å². The number of carbonyl (C=O) groups excluding carboxylic acids is 1. The highest BCUT2D eigenvalue weighted by molar-refractivity contribution is 5.78. The van der Waals surface area contributed by atoms with Gasteiger partial charge < -0.3 is 15.7 Å². The van der Waals surface area contributed by atoms with E-state index in [9.17, 15) is 9.90 Å². The zero-order valence-electron chi connectivity index (χ0n) is 12.5. The quantitative estimate of drug-likeness (QED) is 0.650. The Hall–Kier alpha value is -2.17. The summed E-state index contributed by atoms with van der Waals surface area (Å²) in [6, 6.07) is 19.2. The molecule has 2 rings (SSSR count). The van der Waals surface area contributed by atoms with E-state index in [0.29, 0.717) is 26.1 Å². The molecule has 0 aliphatic rings. The van der Waals surface area contributed by atoms with Crippen LogP contribution in [-0.2, 0) is 11.2 Å². The van der Waals surface area contributed by atoms with E-state index in [4.69, 9.17) is 0 Å². The van der Waals surface area contributed by atoms with Crippen LogP contribution >= 0.6 is 0 Å². The van der Waals surface area contributed by atoms with E-state index in [2.05, 4.69) is 10.6 Å². The van der Waals surface area contributed by atoms with Gasteiger partial charge in [0, 0.05) is 19.6 Å². The third-order valence-electron chi connectivity index (χ3n) is 3.35. The van der Waals surface area contributed by atoms with Gasteiger partial charge in [0.25, 0.3) is 0 Å². The second-order valence-electron chi connectivity index (χ2n) is 5.14. The lowest BCUT2D eigenvalue weighted by molar-refractivity contribution is -0.120. The minimum Gasteiger partial charge on any atom is -0.387 e. The first kappa shape index (κ1) is 16.2. The van der Waals surface area contributed by atoms with Gasteiger partial charge in [-0.2, -0.15) is 0 Å². The summed E-state index contributed by atoms with van der Waals surface area (Å²) in [5.41, 5.74) is 1.90. The van der Waals surface area contributed by atoms with E-state index in [0.717, 1.165) is 11.1 Å². The zero-order valence-corrected chi connectivity index (χ0v) is 12.5. The van der Waals surface area contributed by atoms with Gasteiger partial charge in [-0.15, -0.1) is 0 Å². The van der Waals surface area contributed by atoms with Crippen LogP contribution in [0.2, 0.25) is 0 Å². The number of benzene rings is 2. The topological polar surface area (TPSA) is 61.4 Å². The van der Waals surface area contributed by atoms with Crippen LogP contribution in [0.25, 0.3) is 0 Å². The molecule has 22 heavy (non-hydrogen) atoms. The van der Waals surface area contributed by atoms with Crippen LogP contribution in [0, 0.1) is 0 Å². The van der Waals surface area contributed by atoms with E-state index in [-0.39, 0.29) is 5.91 Å². The first-order valence-electron chi connectivity index (χ1n) is 7.50. The van der Waals surface area contributed by atoms with Gasteiger partial charge in [-0.05, 0) is 11.1 Å². The maximum Gasteiger partial charge on any atom is 0.224 e. The predicted octanol–water partition coefficient (Wildman–Crippen LogP) is 1.67. The Labute approximate surface area is 131 Å². The first-order valence-corrected chi connectivity index (χ1v) is 7.50. The Bertz CT molecular complexity index is 558. The summed E-state index contributed by atoms with van der Waals surface area (Å²) in [5.74, 6) is 0.0107. The maximum atomic E-state index is 11.7. The fourth-order valence-corrected chi connectivity index (χ4v) is 2.17. The van der Waals surface area contributed by atoms with E-state index in [1.165, 1.54) is 0 Å². The molecule has 0 spiro atoms. The molecule has 1 atom stereocenters. The van der Waals surface area contributed by atoms with E-state index in [1.54, 1.807) is 0 Å². The Balaban J connectivity index is 1.58. The third kappa shape index (κ3) is 5.68. The van der Waals surface area contributed by atoms with Crippen LogP contribution in [0.3, 0.4) is 0 Å². The Morgan fingerprint density at radius 2 is 1.59 bits per heavy atom. The monoisotopic (exact) mass is 298 g/mol. The van der Waals surface area contributed by atoms with Crippen LogP contribution in [0.4, 0.5) is 0 Å². The first-order chi connectivity index (χ1) is 10.8. The van der Waals surface area contributed by atoms with Gasteiger partial charge in [-0.1, -0.05) is 60.7 Å². The molecule has 0 saturated heterocycles. The van der Waals surface area contributed by atoms with E-state index >= 15 is 0 Å². The molecule has 0 radical (unpaired) electrons. The molecule has 2 aromatic rings. The summed E-state index contributed by atoms with van der Waals surface area (Å²) in [6.45, 7) is 1.65. The van der Waals surface area contributed by atoms with Crippen LogP contribution < -0.4 is 10.6 Å². The number of aliphatic hydroxyl groups is 1. The van der Waals surface area contributed by atoms with Crippen molar-refractivity contribution in [1.29, 1.82) is 0 Å². The molecule has 0 aromatic heterocycles. The minimum atomic E-state index is -0.527. The van der Waals surface area contributed by atoms with Gasteiger partial charge in [0.15, 0.2) is 0 Å². The van der Waals surface area contributed by atoms with Gasteiger partial charge in [-0.25, -0.2) is 0 Å². The molecule has 0 fully saturated rings. The van der Waals surface area contributed by atoms with Crippen molar-refractivity contribution in [2.45, 2.75) is 12.5 Å². The number of hydrogen-bond acceptors (Lipinski definition) is 3. The average molecular weight is 298 g/mol. The molecular weight excluding hydrogens is 276 g/mol. The highest BCUT2D eigenvalue weighted by atomic mass is 16.3.